The van der Waals surface area contributed by atoms with E-state index in [0.717, 1.165) is 18.6 Å². The first-order valence-electron chi connectivity index (χ1n) is 5.55. The van der Waals surface area contributed by atoms with Gasteiger partial charge in [-0.2, -0.15) is 11.8 Å². The molecule has 0 spiro atoms. The van der Waals surface area contributed by atoms with Gasteiger partial charge in [0, 0.05) is 11.2 Å². The number of aliphatic hydroxyl groups excluding tert-OH is 1. The van der Waals surface area contributed by atoms with Crippen LogP contribution in [-0.2, 0) is 9.84 Å². The molecule has 0 bridgehead atoms. The second-order valence-electron chi connectivity index (χ2n) is 4.97. The Labute approximate surface area is 100 Å². The summed E-state index contributed by atoms with van der Waals surface area (Å²) in [7, 11) is -3.12. The third-order valence-corrected chi connectivity index (χ3v) is 6.98. The third-order valence-electron chi connectivity index (χ3n) is 3.90. The molecule has 2 atom stereocenters. The Hall–Kier alpha value is 0.220. The lowest BCUT2D eigenvalue weighted by Crippen LogP contribution is -2.54. The molecular formula is C10H18O4S2. The summed E-state index contributed by atoms with van der Waals surface area (Å²) in [6.45, 7) is -0.119. The van der Waals surface area contributed by atoms with Crippen LogP contribution in [-0.4, -0.2) is 53.9 Å². The van der Waals surface area contributed by atoms with Crippen LogP contribution in [0.15, 0.2) is 0 Å². The van der Waals surface area contributed by atoms with Gasteiger partial charge in [0.2, 0.25) is 0 Å². The van der Waals surface area contributed by atoms with Gasteiger partial charge in [-0.25, -0.2) is 8.42 Å². The van der Waals surface area contributed by atoms with Gasteiger partial charge in [0.25, 0.3) is 0 Å². The van der Waals surface area contributed by atoms with E-state index in [1.807, 2.05) is 0 Å². The van der Waals surface area contributed by atoms with Crippen LogP contribution < -0.4 is 0 Å². The van der Waals surface area contributed by atoms with Crippen molar-refractivity contribution in [3.05, 3.63) is 0 Å². The summed E-state index contributed by atoms with van der Waals surface area (Å²) >= 11 is 1.70. The van der Waals surface area contributed by atoms with E-state index in [2.05, 4.69) is 0 Å². The van der Waals surface area contributed by atoms with E-state index in [0.29, 0.717) is 5.75 Å². The normalized spacial score (nSPS) is 43.4. The van der Waals surface area contributed by atoms with Crippen LogP contribution in [0, 0.1) is 5.41 Å². The zero-order chi connectivity index (χ0) is 11.9. The van der Waals surface area contributed by atoms with Gasteiger partial charge in [-0.3, -0.25) is 0 Å². The number of sulfone groups is 1. The minimum absolute atomic E-state index is 0.0515. The molecule has 2 rings (SSSR count). The van der Waals surface area contributed by atoms with Gasteiger partial charge in [0.15, 0.2) is 9.84 Å². The molecule has 2 unspecified atom stereocenters. The number of hydrogen-bond donors (Lipinski definition) is 2. The average molecular weight is 266 g/mol. The molecule has 0 radical (unpaired) electrons. The topological polar surface area (TPSA) is 74.6 Å². The molecule has 0 aromatic rings. The Morgan fingerprint density at radius 1 is 1.31 bits per heavy atom. The Bertz CT molecular complexity index is 359. The smallest absolute Gasteiger partial charge is 0.153 e. The first-order chi connectivity index (χ1) is 7.43. The summed E-state index contributed by atoms with van der Waals surface area (Å²) < 4.78 is 23.0. The van der Waals surface area contributed by atoms with Crippen LogP contribution in [0.4, 0.5) is 0 Å². The van der Waals surface area contributed by atoms with Crippen LogP contribution in [0.2, 0.25) is 0 Å². The zero-order valence-electron chi connectivity index (χ0n) is 9.18. The van der Waals surface area contributed by atoms with Crippen LogP contribution >= 0.6 is 11.8 Å². The van der Waals surface area contributed by atoms with Gasteiger partial charge in [0.05, 0.1) is 23.7 Å². The summed E-state index contributed by atoms with van der Waals surface area (Å²) in [4.78, 5) is 0. The lowest BCUT2D eigenvalue weighted by Gasteiger charge is -2.45. The minimum atomic E-state index is -3.12. The van der Waals surface area contributed by atoms with E-state index < -0.39 is 20.9 Å². The van der Waals surface area contributed by atoms with Crippen molar-refractivity contribution in [3.8, 4) is 0 Å². The number of hydrogen-bond acceptors (Lipinski definition) is 5. The van der Waals surface area contributed by atoms with E-state index in [9.17, 15) is 18.6 Å². The molecule has 2 saturated heterocycles. The van der Waals surface area contributed by atoms with Gasteiger partial charge in [-0.15, -0.1) is 0 Å². The first kappa shape index (κ1) is 12.7. The van der Waals surface area contributed by atoms with Crippen LogP contribution in [0.25, 0.3) is 0 Å². The number of aliphatic hydroxyl groups is 2. The van der Waals surface area contributed by atoms with E-state index in [4.69, 9.17) is 0 Å². The van der Waals surface area contributed by atoms with E-state index >= 15 is 0 Å². The van der Waals surface area contributed by atoms with Crippen molar-refractivity contribution in [1.82, 2.24) is 0 Å². The van der Waals surface area contributed by atoms with Crippen LogP contribution in [0.3, 0.4) is 0 Å². The molecule has 2 N–H and O–H groups in total. The summed E-state index contributed by atoms with van der Waals surface area (Å²) in [5, 5.41) is 20.1. The second kappa shape index (κ2) is 4.15. The van der Waals surface area contributed by atoms with Crippen molar-refractivity contribution in [2.75, 3.05) is 29.6 Å². The van der Waals surface area contributed by atoms with Gasteiger partial charge >= 0.3 is 0 Å². The van der Waals surface area contributed by atoms with Crippen LogP contribution in [0.5, 0.6) is 0 Å². The number of rotatable bonds is 2. The van der Waals surface area contributed by atoms with E-state index in [1.165, 1.54) is 0 Å². The fourth-order valence-corrected chi connectivity index (χ4v) is 6.10. The summed E-state index contributed by atoms with van der Waals surface area (Å²) in [5.74, 6) is 1.57. The van der Waals surface area contributed by atoms with Crippen molar-refractivity contribution in [1.29, 1.82) is 0 Å². The molecule has 0 aliphatic carbocycles. The predicted molar refractivity (Wildman–Crippen MR) is 64.3 cm³/mol. The Balaban J connectivity index is 2.27. The molecule has 16 heavy (non-hydrogen) atoms. The Morgan fingerprint density at radius 2 is 2.06 bits per heavy atom. The molecule has 2 aliphatic rings. The maximum absolute atomic E-state index is 11.5. The highest BCUT2D eigenvalue weighted by Gasteiger charge is 2.55. The molecule has 2 heterocycles. The van der Waals surface area contributed by atoms with Crippen molar-refractivity contribution < 1.29 is 18.6 Å². The highest BCUT2D eigenvalue weighted by molar-refractivity contribution is 7.99. The molecule has 0 amide bonds. The van der Waals surface area contributed by atoms with Crippen LogP contribution in [0.1, 0.15) is 19.3 Å². The molecule has 0 aromatic carbocycles. The molecular weight excluding hydrogens is 248 g/mol. The Morgan fingerprint density at radius 3 is 2.50 bits per heavy atom. The molecule has 2 aliphatic heterocycles. The minimum Gasteiger partial charge on any atom is -0.396 e. The molecule has 2 fully saturated rings. The van der Waals surface area contributed by atoms with Crippen molar-refractivity contribution in [2.45, 2.75) is 24.9 Å². The highest BCUT2D eigenvalue weighted by atomic mass is 32.2. The fourth-order valence-electron chi connectivity index (χ4n) is 2.74. The van der Waals surface area contributed by atoms with Crippen molar-refractivity contribution in [3.63, 3.8) is 0 Å². The molecule has 0 saturated carbocycles. The largest absolute Gasteiger partial charge is 0.396 e. The molecule has 6 heteroatoms. The molecule has 4 nitrogen and oxygen atoms in total. The predicted octanol–water partition coefficient (Wildman–Crippen LogP) is 0.0417. The molecule has 0 aromatic heterocycles. The number of thioether (sulfide) groups is 1. The van der Waals surface area contributed by atoms with Gasteiger partial charge < -0.3 is 10.2 Å². The van der Waals surface area contributed by atoms with Gasteiger partial charge in [-0.1, -0.05) is 0 Å². The van der Waals surface area contributed by atoms with Crippen molar-refractivity contribution in [2.24, 2.45) is 5.41 Å². The fraction of sp³-hybridized carbons (Fsp3) is 1.00. The lowest BCUT2D eigenvalue weighted by atomic mass is 9.70. The van der Waals surface area contributed by atoms with E-state index in [1.54, 1.807) is 11.8 Å². The first-order valence-corrected chi connectivity index (χ1v) is 8.52. The van der Waals surface area contributed by atoms with E-state index in [-0.39, 0.29) is 24.5 Å². The van der Waals surface area contributed by atoms with Crippen molar-refractivity contribution >= 4 is 21.6 Å². The average Bonchev–Trinajstić information content (AvgIpc) is 2.55. The standard InChI is InChI=1S/C10H18O4S2/c11-6-9(2-1-4-15-7-9)10(12)3-5-16(13,14)8-10/h11-12H,1-8H2. The quantitative estimate of drug-likeness (QED) is 0.738. The maximum atomic E-state index is 11.5. The Kier molecular flexibility index (Phi) is 3.29. The second-order valence-corrected chi connectivity index (χ2v) is 8.26. The molecule has 94 valence electrons. The van der Waals surface area contributed by atoms with Gasteiger partial charge in [-0.05, 0) is 25.0 Å². The monoisotopic (exact) mass is 266 g/mol. The zero-order valence-corrected chi connectivity index (χ0v) is 10.8. The summed E-state index contributed by atoms with van der Waals surface area (Å²) in [6.07, 6.45) is 1.94. The summed E-state index contributed by atoms with van der Waals surface area (Å²) in [6, 6.07) is 0. The SMILES string of the molecule is O=S1(=O)CCC(O)(C2(CO)CCCSC2)C1. The van der Waals surface area contributed by atoms with Gasteiger partial charge in [0.1, 0.15) is 0 Å². The lowest BCUT2D eigenvalue weighted by molar-refractivity contribution is -0.0842. The highest BCUT2D eigenvalue weighted by Crippen LogP contribution is 2.47. The maximum Gasteiger partial charge on any atom is 0.153 e. The third kappa shape index (κ3) is 2.00. The summed E-state index contributed by atoms with van der Waals surface area (Å²) in [5.41, 5.74) is -1.83.